The van der Waals surface area contributed by atoms with E-state index >= 15 is 0 Å². The topological polar surface area (TPSA) is 102 Å². The van der Waals surface area contributed by atoms with Gasteiger partial charge in [0.2, 0.25) is 0 Å². The molecular weight excluding hydrogens is 701 g/mol. The van der Waals surface area contributed by atoms with Gasteiger partial charge in [-0.3, -0.25) is 13.6 Å². The summed E-state index contributed by atoms with van der Waals surface area (Å²) in [6, 6.07) is 0. The van der Waals surface area contributed by atoms with Crippen LogP contribution < -0.4 is 0 Å². The van der Waals surface area contributed by atoms with Crippen LogP contribution in [-0.4, -0.2) is 36.9 Å². The number of hydrogen-bond acceptors (Lipinski definition) is 6. The van der Waals surface area contributed by atoms with Gasteiger partial charge >= 0.3 is 13.9 Å². The highest BCUT2D eigenvalue weighted by Crippen LogP contribution is 2.64. The molecule has 0 radical (unpaired) electrons. The second-order valence-corrected chi connectivity index (χ2v) is 24.8. The maximum Gasteiger partial charge on any atom is 0.472 e. The van der Waals surface area contributed by atoms with Gasteiger partial charge in [0.1, 0.15) is 0 Å². The first-order valence-corrected chi connectivity index (χ1v) is 24.4. The van der Waals surface area contributed by atoms with Gasteiger partial charge in [-0.1, -0.05) is 7.43 Å². The van der Waals surface area contributed by atoms with Crippen molar-refractivity contribution in [2.24, 2.45) is 69.5 Å². The van der Waals surface area contributed by atoms with Crippen molar-refractivity contribution in [2.75, 3.05) is 26.9 Å². The van der Waals surface area contributed by atoms with Crippen molar-refractivity contribution in [2.45, 2.75) is 142 Å². The number of rotatable bonds is 11. The second-order valence-electron chi connectivity index (χ2n) is 19.0. The molecule has 0 unspecified atom stereocenters. The third-order valence-corrected chi connectivity index (χ3v) is 17.4. The van der Waals surface area contributed by atoms with Crippen LogP contribution in [0.2, 0.25) is 0 Å². The Balaban J connectivity index is 0.000000172. The minimum Gasteiger partial charge on any atom is -0.396 e. The van der Waals surface area contributed by atoms with Crippen LogP contribution in [-0.2, 0) is 22.7 Å². The van der Waals surface area contributed by atoms with Crippen LogP contribution >= 0.6 is 36.4 Å². The Morgan fingerprint density at radius 3 is 0.980 bits per heavy atom. The van der Waals surface area contributed by atoms with Crippen LogP contribution in [0.15, 0.2) is 0 Å². The molecule has 12 fully saturated rings. The Hall–Kier alpha value is 0.840. The van der Waals surface area contributed by atoms with Gasteiger partial charge in [0.25, 0.3) is 0 Å². The van der Waals surface area contributed by atoms with Crippen molar-refractivity contribution < 1.29 is 32.7 Å². The highest BCUT2D eigenvalue weighted by molar-refractivity contribution is 8.05. The number of aliphatic hydroxyl groups excluding tert-OH is 1. The molecule has 11 heteroatoms. The molecule has 0 amide bonds. The highest BCUT2D eigenvalue weighted by atomic mass is 35.9. The minimum atomic E-state index is -3.91. The first kappa shape index (κ1) is 39.5. The predicted molar refractivity (Wildman–Crippen MR) is 198 cm³/mol. The summed E-state index contributed by atoms with van der Waals surface area (Å²) in [6.07, 6.45) is 25.2. The van der Waals surface area contributed by atoms with Crippen LogP contribution in [0.3, 0.4) is 0 Å². The van der Waals surface area contributed by atoms with Gasteiger partial charge in [-0.25, -0.2) is 4.57 Å². The molecule has 2 N–H and O–H groups in total. The SMILES string of the molecule is C.COP(=O)(Cl)Cl.O=P(O)(OCCC12CC3CC(CC(C3)C1)C2)OCCC12CC3CC(CC(C3)C1)C2.OCCC12CC3CC(CC(C3)C1)C2. The van der Waals surface area contributed by atoms with Crippen molar-refractivity contribution >= 4 is 36.4 Å². The zero-order chi connectivity index (χ0) is 33.8. The maximum atomic E-state index is 12.5. The number of aliphatic hydroxyl groups is 1. The van der Waals surface area contributed by atoms with Gasteiger partial charge in [-0.2, -0.15) is 0 Å². The van der Waals surface area contributed by atoms with Crippen molar-refractivity contribution in [3.05, 3.63) is 0 Å². The maximum absolute atomic E-state index is 12.5. The average Bonchev–Trinajstić information content (AvgIpc) is 2.95. The molecule has 0 aromatic heterocycles. The summed E-state index contributed by atoms with van der Waals surface area (Å²) in [5.41, 5.74) is 1.39. The lowest BCUT2D eigenvalue weighted by Gasteiger charge is -2.57. The largest absolute Gasteiger partial charge is 0.472 e. The Bertz CT molecular complexity index is 1060. The van der Waals surface area contributed by atoms with Gasteiger partial charge < -0.3 is 14.5 Å². The van der Waals surface area contributed by atoms with E-state index < -0.39 is 13.9 Å². The van der Waals surface area contributed by atoms with Crippen LogP contribution in [0.25, 0.3) is 0 Å². The van der Waals surface area contributed by atoms with E-state index in [1.807, 2.05) is 0 Å². The standard InChI is InChI=1S/C24H39O4P.C12H20O.CH3Cl2O2P.CH4/c25-29(26,27-3-1-23-11-17-5-18(12-23)7-19(6-17)13-23)28-4-2-24-14-20-8-21(15-24)10-22(9-20)16-24;13-2-1-12-6-9-3-10(7-12)5-11(4-9)8-12;1-5-6(2,3)4;/h17-22H,1-16H2,(H,25,26);9-11,13H,1-8H2;1H3;1H4. The van der Waals surface area contributed by atoms with E-state index in [1.54, 1.807) is 0 Å². The molecule has 284 valence electrons. The van der Waals surface area contributed by atoms with Crippen LogP contribution in [0.1, 0.15) is 142 Å². The molecule has 7 nitrogen and oxygen atoms in total. The second kappa shape index (κ2) is 15.5. The van der Waals surface area contributed by atoms with Crippen LogP contribution in [0.5, 0.6) is 0 Å². The van der Waals surface area contributed by atoms with E-state index in [9.17, 15) is 14.0 Å². The Kier molecular flexibility index (Phi) is 12.5. The first-order valence-electron chi connectivity index (χ1n) is 19.5. The Morgan fingerprint density at radius 2 is 0.776 bits per heavy atom. The predicted octanol–water partition coefficient (Wildman–Crippen LogP) is 11.8. The molecule has 12 saturated carbocycles. The van der Waals surface area contributed by atoms with Crippen LogP contribution in [0, 0.1) is 69.5 Å². The molecular formula is C38H66Cl2O7P2. The summed E-state index contributed by atoms with van der Waals surface area (Å²) >= 11 is 9.63. The van der Waals surface area contributed by atoms with Crippen molar-refractivity contribution in [1.82, 2.24) is 0 Å². The van der Waals surface area contributed by atoms with Gasteiger partial charge in [0.15, 0.2) is 0 Å². The molecule has 12 rings (SSSR count). The van der Waals surface area contributed by atoms with Crippen LogP contribution in [0.4, 0.5) is 0 Å². The fraction of sp³-hybridized carbons (Fsp3) is 1.00. The fourth-order valence-electron chi connectivity index (χ4n) is 14.8. The van der Waals surface area contributed by atoms with Crippen molar-refractivity contribution in [3.63, 3.8) is 0 Å². The molecule has 0 aliphatic heterocycles. The van der Waals surface area contributed by atoms with Gasteiger partial charge in [0, 0.05) is 13.7 Å². The number of phosphoric acid groups is 1. The third kappa shape index (κ3) is 9.75. The molecule has 0 aromatic rings. The van der Waals surface area contributed by atoms with Gasteiger partial charge in [-0.05, 0) is 227 Å². The van der Waals surface area contributed by atoms with E-state index in [0.29, 0.717) is 36.1 Å². The summed E-state index contributed by atoms with van der Waals surface area (Å²) in [5.74, 6) is 8.61. The number of halogens is 2. The zero-order valence-electron chi connectivity index (χ0n) is 29.3. The molecule has 0 saturated heterocycles. The van der Waals surface area contributed by atoms with Gasteiger partial charge in [0.05, 0.1) is 13.2 Å². The molecule has 49 heavy (non-hydrogen) atoms. The van der Waals surface area contributed by atoms with E-state index in [2.05, 4.69) is 4.52 Å². The summed E-state index contributed by atoms with van der Waals surface area (Å²) in [6.45, 7) is 1.20. The monoisotopic (exact) mass is 766 g/mol. The molecule has 12 aliphatic carbocycles. The lowest BCUT2D eigenvalue weighted by Crippen LogP contribution is -2.46. The van der Waals surface area contributed by atoms with E-state index in [1.165, 1.54) is 123 Å². The smallest absolute Gasteiger partial charge is 0.396 e. The van der Waals surface area contributed by atoms with Gasteiger partial charge in [-0.15, -0.1) is 0 Å². The fourth-order valence-corrected chi connectivity index (χ4v) is 15.5. The molecule has 12 aliphatic rings. The van der Waals surface area contributed by atoms with Crippen molar-refractivity contribution in [3.8, 4) is 0 Å². The Morgan fingerprint density at radius 1 is 0.551 bits per heavy atom. The number of phosphoric ester groups is 1. The quantitative estimate of drug-likeness (QED) is 0.202. The first-order chi connectivity index (χ1) is 22.7. The van der Waals surface area contributed by atoms with E-state index in [4.69, 9.17) is 36.6 Å². The summed E-state index contributed by atoms with van der Waals surface area (Å²) in [4.78, 5) is 10.3. The zero-order valence-corrected chi connectivity index (χ0v) is 32.6. The van der Waals surface area contributed by atoms with E-state index in [-0.39, 0.29) is 7.43 Å². The minimum absolute atomic E-state index is 0. The van der Waals surface area contributed by atoms with E-state index in [0.717, 1.165) is 72.5 Å². The average molecular weight is 768 g/mol. The Labute approximate surface area is 306 Å². The summed E-state index contributed by atoms with van der Waals surface area (Å²) in [5, 5.41) is 9.13. The lowest BCUT2D eigenvalue weighted by atomic mass is 9.49. The molecule has 0 atom stereocenters. The lowest BCUT2D eigenvalue weighted by molar-refractivity contribution is -0.0668. The summed E-state index contributed by atoms with van der Waals surface area (Å²) < 4.78 is 37.4. The molecule has 0 aromatic carbocycles. The highest BCUT2D eigenvalue weighted by Gasteiger charge is 2.53. The number of hydrogen-bond donors (Lipinski definition) is 2. The summed E-state index contributed by atoms with van der Waals surface area (Å²) in [7, 11) is -2.73. The third-order valence-electron chi connectivity index (χ3n) is 15.1. The van der Waals surface area contributed by atoms with Crippen molar-refractivity contribution in [1.29, 1.82) is 0 Å². The molecule has 12 bridgehead atoms. The molecule has 0 heterocycles. The normalized spacial score (nSPS) is 45.9. The molecule has 0 spiro atoms.